The lowest BCUT2D eigenvalue weighted by molar-refractivity contribution is -0.145. The second kappa shape index (κ2) is 10.8. The van der Waals surface area contributed by atoms with Crippen LogP contribution in [-0.4, -0.2) is 34.8 Å². The maximum absolute atomic E-state index is 12.9. The van der Waals surface area contributed by atoms with Gasteiger partial charge in [-0.15, -0.1) is 11.8 Å². The average Bonchev–Trinajstić information content (AvgIpc) is 2.73. The number of ketones is 1. The van der Waals surface area contributed by atoms with Gasteiger partial charge in [0.2, 0.25) is 11.7 Å². The van der Waals surface area contributed by atoms with Gasteiger partial charge in [-0.2, -0.15) is 0 Å². The van der Waals surface area contributed by atoms with E-state index in [-0.39, 0.29) is 17.4 Å². The maximum Gasteiger partial charge on any atom is 0.319 e. The fourth-order valence-electron chi connectivity index (χ4n) is 2.46. The fraction of sp³-hybridized carbons (Fsp3) is 0.318. The van der Waals surface area contributed by atoms with Gasteiger partial charge in [-0.05, 0) is 50.1 Å². The largest absolute Gasteiger partial charge is 0.453 e. The van der Waals surface area contributed by atoms with Gasteiger partial charge in [0, 0.05) is 11.3 Å². The molecule has 2 aromatic carbocycles. The van der Waals surface area contributed by atoms with Crippen molar-refractivity contribution in [2.45, 2.75) is 38.5 Å². The van der Waals surface area contributed by atoms with E-state index >= 15 is 0 Å². The molecule has 1 N–H and O–H groups in total. The minimum Gasteiger partial charge on any atom is -0.453 e. The molecule has 2 atom stereocenters. The molecule has 0 fully saturated rings. The first kappa shape index (κ1) is 22.6. The van der Waals surface area contributed by atoms with Gasteiger partial charge in [-0.3, -0.25) is 14.4 Å². The summed E-state index contributed by atoms with van der Waals surface area (Å²) in [6.45, 7) is 5.18. The minimum atomic E-state index is -0.911. The molecule has 0 saturated carbocycles. The molecule has 2 unspecified atom stereocenters. The van der Waals surface area contributed by atoms with Crippen molar-refractivity contribution in [2.24, 2.45) is 0 Å². The van der Waals surface area contributed by atoms with E-state index in [0.29, 0.717) is 11.3 Å². The number of nitrogens with one attached hydrogen (secondary N) is 1. The SMILES string of the molecule is CCc1ccc(C(=O)C(C)OC(=O)C(C)SCC(=O)Nc2ccc(F)cc2)cc1. The molecule has 0 aliphatic rings. The number of rotatable bonds is 9. The number of benzene rings is 2. The Morgan fingerprint density at radius 3 is 2.24 bits per heavy atom. The molecule has 0 aliphatic heterocycles. The summed E-state index contributed by atoms with van der Waals surface area (Å²) >= 11 is 1.10. The lowest BCUT2D eigenvalue weighted by Gasteiger charge is -2.16. The summed E-state index contributed by atoms with van der Waals surface area (Å²) in [4.78, 5) is 36.6. The molecule has 0 heterocycles. The van der Waals surface area contributed by atoms with Gasteiger partial charge in [0.05, 0.1) is 5.75 Å². The van der Waals surface area contributed by atoms with E-state index < -0.39 is 23.1 Å². The number of amides is 1. The maximum atomic E-state index is 12.9. The third-order valence-corrected chi connectivity index (χ3v) is 5.35. The lowest BCUT2D eigenvalue weighted by Crippen LogP contribution is -2.29. The number of halogens is 1. The van der Waals surface area contributed by atoms with Gasteiger partial charge in [-0.1, -0.05) is 31.2 Å². The van der Waals surface area contributed by atoms with Gasteiger partial charge < -0.3 is 10.1 Å². The van der Waals surface area contributed by atoms with Crippen LogP contribution in [0.15, 0.2) is 48.5 Å². The van der Waals surface area contributed by atoms with E-state index in [0.717, 1.165) is 23.7 Å². The molecule has 7 heteroatoms. The third-order valence-electron chi connectivity index (χ3n) is 4.23. The highest BCUT2D eigenvalue weighted by atomic mass is 32.2. The van der Waals surface area contributed by atoms with Gasteiger partial charge in [0.25, 0.3) is 0 Å². The summed E-state index contributed by atoms with van der Waals surface area (Å²) in [7, 11) is 0. The summed E-state index contributed by atoms with van der Waals surface area (Å²) in [6, 6.07) is 12.6. The zero-order valence-corrected chi connectivity index (χ0v) is 17.4. The number of anilines is 1. The lowest BCUT2D eigenvalue weighted by atomic mass is 10.0. The third kappa shape index (κ3) is 7.02. The highest BCUT2D eigenvalue weighted by molar-refractivity contribution is 8.01. The summed E-state index contributed by atoms with van der Waals surface area (Å²) < 4.78 is 18.1. The normalized spacial score (nSPS) is 12.7. The summed E-state index contributed by atoms with van der Waals surface area (Å²) in [6.07, 6.45) is -0.0336. The Labute approximate surface area is 174 Å². The number of thioether (sulfide) groups is 1. The first-order valence-electron chi connectivity index (χ1n) is 9.30. The van der Waals surface area contributed by atoms with Crippen LogP contribution in [0.4, 0.5) is 10.1 Å². The van der Waals surface area contributed by atoms with Crippen molar-refractivity contribution in [3.05, 3.63) is 65.5 Å². The van der Waals surface area contributed by atoms with Crippen LogP contribution in [0, 0.1) is 5.82 Å². The van der Waals surface area contributed by atoms with Gasteiger partial charge in [0.15, 0.2) is 6.10 Å². The first-order chi connectivity index (χ1) is 13.8. The molecule has 154 valence electrons. The Balaban J connectivity index is 1.80. The molecule has 29 heavy (non-hydrogen) atoms. The van der Waals surface area contributed by atoms with Crippen LogP contribution in [0.2, 0.25) is 0 Å². The molecule has 1 amide bonds. The Bertz CT molecular complexity index is 852. The van der Waals surface area contributed by atoms with E-state index in [9.17, 15) is 18.8 Å². The highest BCUT2D eigenvalue weighted by Crippen LogP contribution is 2.16. The van der Waals surface area contributed by atoms with E-state index in [2.05, 4.69) is 5.32 Å². The van der Waals surface area contributed by atoms with E-state index in [1.165, 1.54) is 31.2 Å². The number of Topliss-reactive ketones (excluding diaryl/α,β-unsaturated/α-hetero) is 1. The standard InChI is InChI=1S/C22H24FNO4S/c1-4-16-5-7-17(8-6-16)21(26)14(2)28-22(27)15(3)29-13-20(25)24-19-11-9-18(23)10-12-19/h5-12,14-15H,4,13H2,1-3H3,(H,24,25). The molecule has 0 radical (unpaired) electrons. The predicted molar refractivity (Wildman–Crippen MR) is 113 cm³/mol. The number of aryl methyl sites for hydroxylation is 1. The molecule has 2 rings (SSSR count). The predicted octanol–water partition coefficient (Wildman–Crippen LogP) is 4.26. The molecule has 0 aromatic heterocycles. The van der Waals surface area contributed by atoms with Crippen LogP contribution in [0.3, 0.4) is 0 Å². The summed E-state index contributed by atoms with van der Waals surface area (Å²) in [5, 5.41) is 2.00. The molecule has 0 saturated heterocycles. The average molecular weight is 418 g/mol. The molecular weight excluding hydrogens is 393 g/mol. The topological polar surface area (TPSA) is 72.5 Å². The van der Waals surface area contributed by atoms with E-state index in [1.54, 1.807) is 19.1 Å². The monoisotopic (exact) mass is 417 g/mol. The number of hydrogen-bond donors (Lipinski definition) is 1. The van der Waals surface area contributed by atoms with E-state index in [1.807, 2.05) is 19.1 Å². The van der Waals surface area contributed by atoms with Crippen LogP contribution in [0.1, 0.15) is 36.7 Å². The van der Waals surface area contributed by atoms with Crippen molar-refractivity contribution in [1.82, 2.24) is 0 Å². The van der Waals surface area contributed by atoms with Gasteiger partial charge >= 0.3 is 5.97 Å². The number of carbonyl (C=O) groups is 3. The molecule has 0 aliphatic carbocycles. The van der Waals surface area contributed by atoms with Gasteiger partial charge in [0.1, 0.15) is 11.1 Å². The zero-order chi connectivity index (χ0) is 21.4. The van der Waals surface area contributed by atoms with Crippen molar-refractivity contribution < 1.29 is 23.5 Å². The Hall–Kier alpha value is -2.67. The minimum absolute atomic E-state index is 0.0223. The van der Waals surface area contributed by atoms with Crippen LogP contribution in [0.25, 0.3) is 0 Å². The number of carbonyl (C=O) groups excluding carboxylic acids is 3. The highest BCUT2D eigenvalue weighted by Gasteiger charge is 2.23. The van der Waals surface area contributed by atoms with Crippen molar-refractivity contribution >= 4 is 35.1 Å². The molecule has 0 spiro atoms. The Morgan fingerprint density at radius 2 is 1.66 bits per heavy atom. The molecular formula is C22H24FNO4S. The fourth-order valence-corrected chi connectivity index (χ4v) is 3.13. The Kier molecular flexibility index (Phi) is 8.39. The number of esters is 1. The van der Waals surface area contributed by atoms with Crippen LogP contribution >= 0.6 is 11.8 Å². The second-order valence-electron chi connectivity index (χ2n) is 6.50. The van der Waals surface area contributed by atoms with Crippen molar-refractivity contribution in [3.8, 4) is 0 Å². The van der Waals surface area contributed by atoms with Crippen LogP contribution < -0.4 is 5.32 Å². The molecule has 5 nitrogen and oxygen atoms in total. The van der Waals surface area contributed by atoms with Crippen molar-refractivity contribution in [1.29, 1.82) is 0 Å². The first-order valence-corrected chi connectivity index (χ1v) is 10.4. The molecule has 2 aromatic rings. The van der Waals surface area contributed by atoms with Crippen LogP contribution in [-0.2, 0) is 20.7 Å². The van der Waals surface area contributed by atoms with E-state index in [4.69, 9.17) is 4.74 Å². The van der Waals surface area contributed by atoms with Crippen molar-refractivity contribution in [3.63, 3.8) is 0 Å². The summed E-state index contributed by atoms with van der Waals surface area (Å²) in [5.41, 5.74) is 2.08. The van der Waals surface area contributed by atoms with Crippen LogP contribution in [0.5, 0.6) is 0 Å². The molecule has 0 bridgehead atoms. The number of ether oxygens (including phenoxy) is 1. The quantitative estimate of drug-likeness (QED) is 0.487. The van der Waals surface area contributed by atoms with Crippen molar-refractivity contribution in [2.75, 3.05) is 11.1 Å². The van der Waals surface area contributed by atoms with Gasteiger partial charge in [-0.25, -0.2) is 4.39 Å². The Morgan fingerprint density at radius 1 is 1.03 bits per heavy atom. The zero-order valence-electron chi connectivity index (χ0n) is 16.6. The summed E-state index contributed by atoms with van der Waals surface area (Å²) in [5.74, 6) is -1.52. The number of hydrogen-bond acceptors (Lipinski definition) is 5. The second-order valence-corrected chi connectivity index (χ2v) is 7.83. The smallest absolute Gasteiger partial charge is 0.319 e.